The van der Waals surface area contributed by atoms with Gasteiger partial charge in [0, 0.05) is 44.8 Å². The monoisotopic (exact) mass is 387 g/mol. The molecule has 2 aromatic carbocycles. The molecule has 7 heteroatoms. The lowest BCUT2D eigenvalue weighted by atomic mass is 10.1. The lowest BCUT2D eigenvalue weighted by molar-refractivity contribution is 0.0951. The van der Waals surface area contributed by atoms with Crippen LogP contribution >= 0.6 is 0 Å². The van der Waals surface area contributed by atoms with Crippen LogP contribution in [0, 0.1) is 0 Å². The Labute approximate surface area is 160 Å². The van der Waals surface area contributed by atoms with Crippen molar-refractivity contribution in [1.29, 1.82) is 0 Å². The SMILES string of the molecule is CS(=O)(=O)N1CCN(Cc2ccc(C(=O)NCc3ccccc3)cc2)CC1. The molecule has 1 saturated heterocycles. The van der Waals surface area contributed by atoms with Gasteiger partial charge < -0.3 is 5.32 Å². The summed E-state index contributed by atoms with van der Waals surface area (Å²) in [6.07, 6.45) is 1.25. The van der Waals surface area contributed by atoms with E-state index >= 15 is 0 Å². The molecule has 1 N–H and O–H groups in total. The highest BCUT2D eigenvalue weighted by atomic mass is 32.2. The van der Waals surface area contributed by atoms with E-state index in [1.807, 2.05) is 54.6 Å². The van der Waals surface area contributed by atoms with Crippen LogP contribution in [0.5, 0.6) is 0 Å². The molecule has 1 heterocycles. The summed E-state index contributed by atoms with van der Waals surface area (Å²) in [6.45, 7) is 3.74. The van der Waals surface area contributed by atoms with E-state index in [1.54, 1.807) is 0 Å². The van der Waals surface area contributed by atoms with E-state index in [2.05, 4.69) is 10.2 Å². The summed E-state index contributed by atoms with van der Waals surface area (Å²) >= 11 is 0. The molecule has 0 bridgehead atoms. The molecule has 0 unspecified atom stereocenters. The van der Waals surface area contributed by atoms with Crippen molar-refractivity contribution in [1.82, 2.24) is 14.5 Å². The summed E-state index contributed by atoms with van der Waals surface area (Å²) in [5, 5.41) is 2.92. The molecule has 0 aromatic heterocycles. The zero-order chi connectivity index (χ0) is 19.3. The summed E-state index contributed by atoms with van der Waals surface area (Å²) in [5.41, 5.74) is 2.81. The fourth-order valence-corrected chi connectivity index (χ4v) is 3.95. The molecule has 3 rings (SSSR count). The van der Waals surface area contributed by atoms with E-state index in [9.17, 15) is 13.2 Å². The Hall–Kier alpha value is -2.22. The number of nitrogens with zero attached hydrogens (tertiary/aromatic N) is 2. The quantitative estimate of drug-likeness (QED) is 0.819. The summed E-state index contributed by atoms with van der Waals surface area (Å²) in [4.78, 5) is 14.5. The number of carbonyl (C=O) groups is 1. The van der Waals surface area contributed by atoms with Crippen LogP contribution in [0.15, 0.2) is 54.6 Å². The van der Waals surface area contributed by atoms with Crippen LogP contribution in [0.1, 0.15) is 21.5 Å². The number of hydrogen-bond acceptors (Lipinski definition) is 4. The maximum Gasteiger partial charge on any atom is 0.251 e. The van der Waals surface area contributed by atoms with Gasteiger partial charge in [0.1, 0.15) is 0 Å². The first-order chi connectivity index (χ1) is 12.9. The molecular weight excluding hydrogens is 362 g/mol. The van der Waals surface area contributed by atoms with Crippen molar-refractivity contribution in [2.24, 2.45) is 0 Å². The Kier molecular flexibility index (Phi) is 6.26. The first-order valence-electron chi connectivity index (χ1n) is 9.00. The van der Waals surface area contributed by atoms with Gasteiger partial charge in [-0.05, 0) is 23.3 Å². The van der Waals surface area contributed by atoms with E-state index < -0.39 is 10.0 Å². The first-order valence-corrected chi connectivity index (χ1v) is 10.9. The fraction of sp³-hybridized carbons (Fsp3) is 0.350. The zero-order valence-corrected chi connectivity index (χ0v) is 16.3. The van der Waals surface area contributed by atoms with Crippen LogP contribution in [0.2, 0.25) is 0 Å². The van der Waals surface area contributed by atoms with E-state index in [4.69, 9.17) is 0 Å². The Morgan fingerprint density at radius 2 is 1.56 bits per heavy atom. The second kappa shape index (κ2) is 8.65. The largest absolute Gasteiger partial charge is 0.348 e. The van der Waals surface area contributed by atoms with Gasteiger partial charge in [0.25, 0.3) is 5.91 Å². The molecular formula is C20H25N3O3S. The third-order valence-electron chi connectivity index (χ3n) is 4.72. The third-order valence-corrected chi connectivity index (χ3v) is 6.02. The van der Waals surface area contributed by atoms with Gasteiger partial charge in [0.15, 0.2) is 0 Å². The van der Waals surface area contributed by atoms with Crippen LogP contribution in [0.25, 0.3) is 0 Å². The molecule has 0 aliphatic carbocycles. The Bertz CT molecular complexity index is 859. The fourth-order valence-electron chi connectivity index (χ4n) is 3.12. The lowest BCUT2D eigenvalue weighted by Crippen LogP contribution is -2.47. The van der Waals surface area contributed by atoms with E-state index in [0.29, 0.717) is 38.3 Å². The maximum absolute atomic E-state index is 12.3. The first kappa shape index (κ1) is 19.5. The van der Waals surface area contributed by atoms with Crippen molar-refractivity contribution < 1.29 is 13.2 Å². The molecule has 144 valence electrons. The molecule has 0 atom stereocenters. The van der Waals surface area contributed by atoms with Crippen LogP contribution in [0.4, 0.5) is 0 Å². The van der Waals surface area contributed by atoms with E-state index in [-0.39, 0.29) is 5.91 Å². The van der Waals surface area contributed by atoms with Gasteiger partial charge in [-0.2, -0.15) is 4.31 Å². The molecule has 0 radical (unpaired) electrons. The maximum atomic E-state index is 12.3. The van der Waals surface area contributed by atoms with Crippen LogP contribution < -0.4 is 5.32 Å². The van der Waals surface area contributed by atoms with Gasteiger partial charge in [-0.15, -0.1) is 0 Å². The molecule has 1 aliphatic heterocycles. The zero-order valence-electron chi connectivity index (χ0n) is 15.5. The van der Waals surface area contributed by atoms with Gasteiger partial charge in [0.2, 0.25) is 10.0 Å². The van der Waals surface area contributed by atoms with Crippen LogP contribution in [-0.2, 0) is 23.1 Å². The number of hydrogen-bond donors (Lipinski definition) is 1. The van der Waals surface area contributed by atoms with Crippen molar-refractivity contribution in [3.05, 3.63) is 71.3 Å². The predicted molar refractivity (Wildman–Crippen MR) is 106 cm³/mol. The molecule has 2 aromatic rings. The van der Waals surface area contributed by atoms with E-state index in [1.165, 1.54) is 10.6 Å². The van der Waals surface area contributed by atoms with Crippen molar-refractivity contribution in [2.75, 3.05) is 32.4 Å². The average molecular weight is 388 g/mol. The second-order valence-electron chi connectivity index (χ2n) is 6.80. The molecule has 1 aliphatic rings. The van der Waals surface area contributed by atoms with Crippen molar-refractivity contribution in [2.45, 2.75) is 13.1 Å². The van der Waals surface area contributed by atoms with Gasteiger partial charge >= 0.3 is 0 Å². The Morgan fingerprint density at radius 3 is 2.15 bits per heavy atom. The lowest BCUT2D eigenvalue weighted by Gasteiger charge is -2.33. The highest BCUT2D eigenvalue weighted by Gasteiger charge is 2.23. The van der Waals surface area contributed by atoms with Crippen molar-refractivity contribution >= 4 is 15.9 Å². The number of nitrogens with one attached hydrogen (secondary N) is 1. The van der Waals surface area contributed by atoms with Crippen LogP contribution in [0.3, 0.4) is 0 Å². The molecule has 0 spiro atoms. The molecule has 1 amide bonds. The van der Waals surface area contributed by atoms with Crippen molar-refractivity contribution in [3.63, 3.8) is 0 Å². The second-order valence-corrected chi connectivity index (χ2v) is 8.79. The minimum atomic E-state index is -3.10. The number of sulfonamides is 1. The average Bonchev–Trinajstić information content (AvgIpc) is 2.67. The van der Waals surface area contributed by atoms with Gasteiger partial charge in [0.05, 0.1) is 6.26 Å². The highest BCUT2D eigenvalue weighted by Crippen LogP contribution is 2.12. The predicted octanol–water partition coefficient (Wildman–Crippen LogP) is 1.69. The summed E-state index contributed by atoms with van der Waals surface area (Å²) in [6, 6.07) is 17.4. The van der Waals surface area contributed by atoms with Gasteiger partial charge in [-0.3, -0.25) is 9.69 Å². The number of amides is 1. The summed E-state index contributed by atoms with van der Waals surface area (Å²) in [5.74, 6) is -0.0906. The molecule has 1 fully saturated rings. The summed E-state index contributed by atoms with van der Waals surface area (Å²) < 4.78 is 24.6. The minimum absolute atomic E-state index is 0.0906. The minimum Gasteiger partial charge on any atom is -0.348 e. The number of carbonyl (C=O) groups excluding carboxylic acids is 1. The molecule has 27 heavy (non-hydrogen) atoms. The van der Waals surface area contributed by atoms with Crippen LogP contribution in [-0.4, -0.2) is 56.0 Å². The van der Waals surface area contributed by atoms with Gasteiger partial charge in [-0.25, -0.2) is 8.42 Å². The number of rotatable bonds is 6. The normalized spacial score (nSPS) is 16.2. The van der Waals surface area contributed by atoms with Crippen molar-refractivity contribution in [3.8, 4) is 0 Å². The number of benzene rings is 2. The Morgan fingerprint density at radius 1 is 0.926 bits per heavy atom. The number of piperazine rings is 1. The highest BCUT2D eigenvalue weighted by molar-refractivity contribution is 7.88. The standard InChI is InChI=1S/C20H25N3O3S/c1-27(25,26)23-13-11-22(12-14-23)16-18-7-9-19(10-8-18)20(24)21-15-17-5-3-2-4-6-17/h2-10H,11-16H2,1H3,(H,21,24). The van der Waals surface area contributed by atoms with E-state index in [0.717, 1.165) is 17.7 Å². The Balaban J connectivity index is 1.49. The van der Waals surface area contributed by atoms with Gasteiger partial charge in [-0.1, -0.05) is 42.5 Å². The summed E-state index contributed by atoms with van der Waals surface area (Å²) in [7, 11) is -3.10. The smallest absolute Gasteiger partial charge is 0.251 e. The topological polar surface area (TPSA) is 69.7 Å². The third kappa shape index (κ3) is 5.63. The molecule has 0 saturated carbocycles. The molecule has 6 nitrogen and oxygen atoms in total.